The van der Waals surface area contributed by atoms with Gasteiger partial charge in [0.1, 0.15) is 0 Å². The van der Waals surface area contributed by atoms with Gasteiger partial charge in [-0.3, -0.25) is 4.90 Å². The lowest BCUT2D eigenvalue weighted by atomic mass is 10.1. The van der Waals surface area contributed by atoms with Crippen molar-refractivity contribution in [2.45, 2.75) is 46.2 Å². The van der Waals surface area contributed by atoms with Gasteiger partial charge in [-0.2, -0.15) is 0 Å². The molecule has 18 heavy (non-hydrogen) atoms. The minimum Gasteiger partial charge on any atom is -0.312 e. The summed E-state index contributed by atoms with van der Waals surface area (Å²) in [4.78, 5) is 8.32. The van der Waals surface area contributed by atoms with E-state index in [-0.39, 0.29) is 5.54 Å². The van der Waals surface area contributed by atoms with E-state index in [0.29, 0.717) is 0 Å². The van der Waals surface area contributed by atoms with E-state index in [2.05, 4.69) is 42.9 Å². The molecule has 0 radical (unpaired) electrons. The maximum absolute atomic E-state index is 4.33. The van der Waals surface area contributed by atoms with Crippen molar-refractivity contribution in [1.82, 2.24) is 15.2 Å². The summed E-state index contributed by atoms with van der Waals surface area (Å²) in [6.45, 7) is 13.5. The van der Waals surface area contributed by atoms with Crippen molar-refractivity contribution < 1.29 is 0 Å². The molecule has 0 spiro atoms. The van der Waals surface area contributed by atoms with Gasteiger partial charge in [0, 0.05) is 23.5 Å². The summed E-state index contributed by atoms with van der Waals surface area (Å²) >= 11 is 1.79. The Kier molecular flexibility index (Phi) is 4.41. The monoisotopic (exact) mass is 267 g/mol. The summed E-state index contributed by atoms with van der Waals surface area (Å²) in [7, 11) is 0. The fourth-order valence-electron chi connectivity index (χ4n) is 2.35. The fourth-order valence-corrected chi connectivity index (χ4v) is 3.17. The van der Waals surface area contributed by atoms with Crippen molar-refractivity contribution in [3.8, 4) is 0 Å². The van der Waals surface area contributed by atoms with Gasteiger partial charge in [0.2, 0.25) is 0 Å². The number of thiazole rings is 1. The van der Waals surface area contributed by atoms with E-state index < -0.39 is 0 Å². The minimum atomic E-state index is 0.238. The molecule has 0 bridgehead atoms. The van der Waals surface area contributed by atoms with E-state index in [4.69, 9.17) is 0 Å². The zero-order valence-corrected chi connectivity index (χ0v) is 12.8. The predicted octanol–water partition coefficient (Wildman–Crippen LogP) is 2.66. The van der Waals surface area contributed by atoms with Crippen molar-refractivity contribution in [2.75, 3.05) is 19.6 Å². The van der Waals surface area contributed by atoms with Crippen LogP contribution in [0.5, 0.6) is 0 Å². The molecule has 0 aromatic carbocycles. The molecule has 4 heteroatoms. The molecule has 0 amide bonds. The average Bonchev–Trinajstić information content (AvgIpc) is 2.86. The SMILES string of the molecule is Cc1ncsc1CN1CCC(CNC(C)(C)C)C1. The first-order valence-corrected chi connectivity index (χ1v) is 7.68. The highest BCUT2D eigenvalue weighted by Crippen LogP contribution is 2.21. The molecule has 102 valence electrons. The summed E-state index contributed by atoms with van der Waals surface area (Å²) in [5.41, 5.74) is 3.40. The highest BCUT2D eigenvalue weighted by molar-refractivity contribution is 7.09. The number of hydrogen-bond donors (Lipinski definition) is 1. The molecule has 1 aliphatic rings. The van der Waals surface area contributed by atoms with E-state index >= 15 is 0 Å². The van der Waals surface area contributed by atoms with Crippen LogP contribution in [0, 0.1) is 12.8 Å². The molecule has 2 rings (SSSR count). The number of hydrogen-bond acceptors (Lipinski definition) is 4. The van der Waals surface area contributed by atoms with Gasteiger partial charge in [-0.1, -0.05) is 0 Å². The van der Waals surface area contributed by atoms with Gasteiger partial charge in [0.05, 0.1) is 11.2 Å². The summed E-state index contributed by atoms with van der Waals surface area (Å²) in [6, 6.07) is 0. The summed E-state index contributed by atoms with van der Waals surface area (Å²) in [5, 5.41) is 3.62. The Hall–Kier alpha value is -0.450. The third-order valence-corrected chi connectivity index (χ3v) is 4.42. The highest BCUT2D eigenvalue weighted by atomic mass is 32.1. The van der Waals surface area contributed by atoms with Crippen molar-refractivity contribution in [3.05, 3.63) is 16.1 Å². The van der Waals surface area contributed by atoms with Gasteiger partial charge in [0.25, 0.3) is 0 Å². The summed E-state index contributed by atoms with van der Waals surface area (Å²) in [6.07, 6.45) is 1.32. The number of rotatable bonds is 4. The Morgan fingerprint density at radius 1 is 1.50 bits per heavy atom. The highest BCUT2D eigenvalue weighted by Gasteiger charge is 2.24. The van der Waals surface area contributed by atoms with Gasteiger partial charge in [-0.05, 0) is 53.1 Å². The Bertz CT molecular complexity index is 381. The van der Waals surface area contributed by atoms with Crippen LogP contribution in [0.3, 0.4) is 0 Å². The molecule has 1 saturated heterocycles. The van der Waals surface area contributed by atoms with Crippen LogP contribution in [0.4, 0.5) is 0 Å². The van der Waals surface area contributed by atoms with Gasteiger partial charge in [-0.25, -0.2) is 4.98 Å². The molecule has 1 aromatic rings. The lowest BCUT2D eigenvalue weighted by Crippen LogP contribution is -2.39. The quantitative estimate of drug-likeness (QED) is 0.909. The van der Waals surface area contributed by atoms with Crippen LogP contribution in [0.1, 0.15) is 37.8 Å². The number of aromatic nitrogens is 1. The van der Waals surface area contributed by atoms with Gasteiger partial charge >= 0.3 is 0 Å². The average molecular weight is 267 g/mol. The van der Waals surface area contributed by atoms with Gasteiger partial charge in [0.15, 0.2) is 0 Å². The summed E-state index contributed by atoms with van der Waals surface area (Å²) < 4.78 is 0. The molecule has 1 aliphatic heterocycles. The number of aryl methyl sites for hydroxylation is 1. The molecule has 3 nitrogen and oxygen atoms in total. The molecule has 1 unspecified atom stereocenters. The van der Waals surface area contributed by atoms with Crippen molar-refractivity contribution in [1.29, 1.82) is 0 Å². The van der Waals surface area contributed by atoms with Crippen LogP contribution in [-0.2, 0) is 6.54 Å². The van der Waals surface area contributed by atoms with Crippen LogP contribution < -0.4 is 5.32 Å². The Morgan fingerprint density at radius 2 is 2.28 bits per heavy atom. The van der Waals surface area contributed by atoms with Gasteiger partial charge < -0.3 is 5.32 Å². The smallest absolute Gasteiger partial charge is 0.0798 e. The molecule has 1 N–H and O–H groups in total. The standard InChI is InChI=1S/C14H25N3S/c1-11-13(18-10-15-11)9-17-6-5-12(8-17)7-16-14(2,3)4/h10,12,16H,5-9H2,1-4H3. The van der Waals surface area contributed by atoms with E-state index in [0.717, 1.165) is 19.0 Å². The number of nitrogens with one attached hydrogen (secondary N) is 1. The molecular formula is C14H25N3S. The van der Waals surface area contributed by atoms with E-state index in [1.165, 1.54) is 30.1 Å². The molecule has 1 atom stereocenters. The van der Waals surface area contributed by atoms with Crippen molar-refractivity contribution in [2.24, 2.45) is 5.92 Å². The molecule has 1 fully saturated rings. The largest absolute Gasteiger partial charge is 0.312 e. The Balaban J connectivity index is 1.77. The second-order valence-corrected chi connectivity index (χ2v) is 7.32. The van der Waals surface area contributed by atoms with Crippen LogP contribution in [0.25, 0.3) is 0 Å². The van der Waals surface area contributed by atoms with Gasteiger partial charge in [-0.15, -0.1) is 11.3 Å². The number of likely N-dealkylation sites (tertiary alicyclic amines) is 1. The first kappa shape index (κ1) is 14.0. The Morgan fingerprint density at radius 3 is 2.89 bits per heavy atom. The maximum atomic E-state index is 4.33. The first-order chi connectivity index (χ1) is 8.44. The predicted molar refractivity (Wildman–Crippen MR) is 78.0 cm³/mol. The first-order valence-electron chi connectivity index (χ1n) is 6.80. The van der Waals surface area contributed by atoms with E-state index in [1.54, 1.807) is 11.3 Å². The normalized spacial score (nSPS) is 21.7. The topological polar surface area (TPSA) is 28.2 Å². The lowest BCUT2D eigenvalue weighted by molar-refractivity contribution is 0.307. The fraction of sp³-hybridized carbons (Fsp3) is 0.786. The number of nitrogens with zero attached hydrogens (tertiary/aromatic N) is 2. The Labute approximate surface area is 115 Å². The maximum Gasteiger partial charge on any atom is 0.0798 e. The van der Waals surface area contributed by atoms with Crippen LogP contribution >= 0.6 is 11.3 Å². The molecular weight excluding hydrogens is 242 g/mol. The molecule has 2 heterocycles. The molecule has 0 aliphatic carbocycles. The molecule has 0 saturated carbocycles. The van der Waals surface area contributed by atoms with Crippen LogP contribution in [0.2, 0.25) is 0 Å². The minimum absolute atomic E-state index is 0.238. The zero-order valence-electron chi connectivity index (χ0n) is 12.0. The van der Waals surface area contributed by atoms with Crippen LogP contribution in [-0.4, -0.2) is 35.1 Å². The zero-order chi connectivity index (χ0) is 13.2. The van der Waals surface area contributed by atoms with E-state index in [9.17, 15) is 0 Å². The van der Waals surface area contributed by atoms with Crippen molar-refractivity contribution in [3.63, 3.8) is 0 Å². The second kappa shape index (κ2) is 5.68. The molecule has 1 aromatic heterocycles. The lowest BCUT2D eigenvalue weighted by Gasteiger charge is -2.23. The second-order valence-electron chi connectivity index (χ2n) is 6.38. The third-order valence-electron chi connectivity index (χ3n) is 3.50. The third kappa shape index (κ3) is 4.04. The summed E-state index contributed by atoms with van der Waals surface area (Å²) in [5.74, 6) is 0.803. The van der Waals surface area contributed by atoms with Crippen molar-refractivity contribution >= 4 is 11.3 Å². The van der Waals surface area contributed by atoms with E-state index in [1.807, 2.05) is 5.51 Å². The van der Waals surface area contributed by atoms with Crippen LogP contribution in [0.15, 0.2) is 5.51 Å².